The number of pyridine rings is 1. The normalized spacial score (nSPS) is 12.1. The van der Waals surface area contributed by atoms with Crippen molar-refractivity contribution < 1.29 is 23.8 Å². The van der Waals surface area contributed by atoms with Gasteiger partial charge in [-0.05, 0) is 48.9 Å². The van der Waals surface area contributed by atoms with Gasteiger partial charge < -0.3 is 19.5 Å². The Morgan fingerprint density at radius 1 is 1.14 bits per heavy atom. The van der Waals surface area contributed by atoms with Gasteiger partial charge >= 0.3 is 5.97 Å². The zero-order chi connectivity index (χ0) is 20.4. The molecule has 0 fully saturated rings. The summed E-state index contributed by atoms with van der Waals surface area (Å²) >= 11 is 1.36. The highest BCUT2D eigenvalue weighted by Gasteiger charge is 2.16. The molecule has 0 saturated carbocycles. The van der Waals surface area contributed by atoms with E-state index in [1.807, 2.05) is 25.1 Å². The van der Waals surface area contributed by atoms with Crippen LogP contribution in [0.5, 0.6) is 11.5 Å². The summed E-state index contributed by atoms with van der Waals surface area (Å²) in [5.41, 5.74) is 2.81. The Morgan fingerprint density at radius 2 is 1.86 bits per heavy atom. The Morgan fingerprint density at radius 3 is 2.59 bits per heavy atom. The molecule has 1 aliphatic rings. The molecule has 0 atom stereocenters. The maximum absolute atomic E-state index is 12.3. The number of amides is 1. The standard InChI is InChI=1S/C21H18N2O5S/c1-12-7-14-8-17-18(28-11-27-17)9-16(14)23-20(12)29-10-19(24)22-15-5-3-13(4-6-15)21(25)26-2/h3-9H,10-11H2,1-2H3,(H,22,24). The number of nitrogens with zero attached hydrogens (tertiary/aromatic N) is 1. The van der Waals surface area contributed by atoms with E-state index in [9.17, 15) is 9.59 Å². The second kappa shape index (κ2) is 8.00. The number of nitrogens with one attached hydrogen (secondary N) is 1. The van der Waals surface area contributed by atoms with Crippen molar-refractivity contribution in [3.8, 4) is 11.5 Å². The molecule has 1 amide bonds. The van der Waals surface area contributed by atoms with Gasteiger partial charge in [-0.1, -0.05) is 11.8 Å². The van der Waals surface area contributed by atoms with Crippen molar-refractivity contribution in [1.82, 2.24) is 4.98 Å². The van der Waals surface area contributed by atoms with E-state index in [1.54, 1.807) is 24.3 Å². The molecule has 0 bridgehead atoms. The number of rotatable bonds is 5. The molecule has 4 rings (SSSR count). The average molecular weight is 410 g/mol. The van der Waals surface area contributed by atoms with Crippen molar-refractivity contribution in [3.05, 3.63) is 53.6 Å². The fraction of sp³-hybridized carbons (Fsp3) is 0.190. The average Bonchev–Trinajstić information content (AvgIpc) is 3.18. The first-order valence-electron chi connectivity index (χ1n) is 8.85. The lowest BCUT2D eigenvalue weighted by Crippen LogP contribution is -2.14. The molecule has 0 saturated heterocycles. The summed E-state index contributed by atoms with van der Waals surface area (Å²) in [6.07, 6.45) is 0. The minimum atomic E-state index is -0.418. The van der Waals surface area contributed by atoms with Crippen molar-refractivity contribution in [2.24, 2.45) is 0 Å². The molecule has 3 aromatic rings. The number of carbonyl (C=O) groups is 2. The van der Waals surface area contributed by atoms with Gasteiger partial charge in [0.1, 0.15) is 5.03 Å². The molecule has 0 aliphatic carbocycles. The zero-order valence-electron chi connectivity index (χ0n) is 15.9. The summed E-state index contributed by atoms with van der Waals surface area (Å²) in [6.45, 7) is 2.18. The van der Waals surface area contributed by atoms with Crippen LogP contribution in [0.2, 0.25) is 0 Å². The van der Waals surface area contributed by atoms with Crippen molar-refractivity contribution in [3.63, 3.8) is 0 Å². The third-order valence-electron chi connectivity index (χ3n) is 4.38. The maximum Gasteiger partial charge on any atom is 0.337 e. The molecule has 0 unspecified atom stereocenters. The van der Waals surface area contributed by atoms with Gasteiger partial charge in [0.25, 0.3) is 0 Å². The number of anilines is 1. The van der Waals surface area contributed by atoms with Gasteiger partial charge in [0.05, 0.1) is 23.9 Å². The van der Waals surface area contributed by atoms with E-state index in [0.29, 0.717) is 17.0 Å². The number of methoxy groups -OCH3 is 1. The monoisotopic (exact) mass is 410 g/mol. The largest absolute Gasteiger partial charge is 0.465 e. The molecule has 0 radical (unpaired) electrons. The molecule has 1 aromatic heterocycles. The van der Waals surface area contributed by atoms with E-state index in [0.717, 1.165) is 27.2 Å². The number of ether oxygens (including phenoxy) is 3. The highest BCUT2D eigenvalue weighted by Crippen LogP contribution is 2.36. The number of thioether (sulfide) groups is 1. The van der Waals surface area contributed by atoms with Crippen LogP contribution in [-0.2, 0) is 9.53 Å². The van der Waals surface area contributed by atoms with E-state index < -0.39 is 5.97 Å². The Bertz CT molecular complexity index is 1100. The quantitative estimate of drug-likeness (QED) is 0.506. The summed E-state index contributed by atoms with van der Waals surface area (Å²) < 4.78 is 15.5. The lowest BCUT2D eigenvalue weighted by Gasteiger charge is -2.09. The second-order valence-corrected chi connectivity index (χ2v) is 7.38. The fourth-order valence-corrected chi connectivity index (χ4v) is 3.73. The van der Waals surface area contributed by atoms with Crippen molar-refractivity contribution in [2.45, 2.75) is 11.9 Å². The lowest BCUT2D eigenvalue weighted by atomic mass is 10.1. The van der Waals surface area contributed by atoms with Gasteiger partial charge in [-0.2, -0.15) is 0 Å². The Balaban J connectivity index is 1.42. The van der Waals surface area contributed by atoms with E-state index >= 15 is 0 Å². The van der Waals surface area contributed by atoms with E-state index in [-0.39, 0.29) is 18.5 Å². The number of aromatic nitrogens is 1. The molecule has 8 heteroatoms. The van der Waals surface area contributed by atoms with Crippen LogP contribution in [0, 0.1) is 6.92 Å². The number of benzene rings is 2. The highest BCUT2D eigenvalue weighted by molar-refractivity contribution is 8.00. The van der Waals surface area contributed by atoms with Crippen molar-refractivity contribution in [2.75, 3.05) is 25.0 Å². The third kappa shape index (κ3) is 4.12. The molecule has 2 aromatic carbocycles. The summed E-state index contributed by atoms with van der Waals surface area (Å²) in [5, 5.41) is 4.56. The molecule has 29 heavy (non-hydrogen) atoms. The molecule has 1 N–H and O–H groups in total. The SMILES string of the molecule is COC(=O)c1ccc(NC(=O)CSc2nc3cc4c(cc3cc2C)OCO4)cc1. The molecular formula is C21H18N2O5S. The molecule has 1 aliphatic heterocycles. The Kier molecular flexibility index (Phi) is 5.26. The van der Waals surface area contributed by atoms with Crippen molar-refractivity contribution >= 4 is 40.2 Å². The van der Waals surface area contributed by atoms with E-state index in [1.165, 1.54) is 18.9 Å². The summed E-state index contributed by atoms with van der Waals surface area (Å²) in [5.74, 6) is 1.03. The number of hydrogen-bond acceptors (Lipinski definition) is 7. The smallest absolute Gasteiger partial charge is 0.337 e. The number of hydrogen-bond donors (Lipinski definition) is 1. The molecule has 0 spiro atoms. The molecule has 148 valence electrons. The highest BCUT2D eigenvalue weighted by atomic mass is 32.2. The first-order chi connectivity index (χ1) is 14.0. The van der Waals surface area contributed by atoms with Gasteiger partial charge in [0, 0.05) is 17.1 Å². The van der Waals surface area contributed by atoms with E-state index in [4.69, 9.17) is 9.47 Å². The topological polar surface area (TPSA) is 86.8 Å². The van der Waals surface area contributed by atoms with E-state index in [2.05, 4.69) is 15.0 Å². The van der Waals surface area contributed by atoms with Crippen LogP contribution in [0.4, 0.5) is 5.69 Å². The number of fused-ring (bicyclic) bond motifs is 2. The van der Waals surface area contributed by atoms with Gasteiger partial charge in [-0.3, -0.25) is 4.79 Å². The molecule has 7 nitrogen and oxygen atoms in total. The summed E-state index contributed by atoms with van der Waals surface area (Å²) in [6, 6.07) is 12.3. The van der Waals surface area contributed by atoms with Crippen LogP contribution in [0.3, 0.4) is 0 Å². The third-order valence-corrected chi connectivity index (χ3v) is 5.48. The first-order valence-corrected chi connectivity index (χ1v) is 9.84. The van der Waals surface area contributed by atoms with Gasteiger partial charge in [0.15, 0.2) is 11.5 Å². The van der Waals surface area contributed by atoms with Crippen molar-refractivity contribution in [1.29, 1.82) is 0 Å². The van der Waals surface area contributed by atoms with Crippen LogP contribution in [-0.4, -0.2) is 36.5 Å². The number of aryl methyl sites for hydroxylation is 1. The predicted octanol–water partition coefficient (Wildman–Crippen LogP) is 3.79. The Labute approximate surface area is 171 Å². The summed E-state index contributed by atoms with van der Waals surface area (Å²) in [4.78, 5) is 28.4. The van der Waals surface area contributed by atoms with Gasteiger partial charge in [0.2, 0.25) is 12.7 Å². The van der Waals surface area contributed by atoms with Gasteiger partial charge in [-0.25, -0.2) is 9.78 Å². The van der Waals surface area contributed by atoms with Crippen LogP contribution < -0.4 is 14.8 Å². The zero-order valence-corrected chi connectivity index (χ0v) is 16.7. The first kappa shape index (κ1) is 19.1. The van der Waals surface area contributed by atoms with Crippen LogP contribution >= 0.6 is 11.8 Å². The Hall–Kier alpha value is -3.26. The lowest BCUT2D eigenvalue weighted by molar-refractivity contribution is -0.113. The predicted molar refractivity (Wildman–Crippen MR) is 110 cm³/mol. The second-order valence-electron chi connectivity index (χ2n) is 6.41. The van der Waals surface area contributed by atoms with Crippen LogP contribution in [0.1, 0.15) is 15.9 Å². The number of esters is 1. The van der Waals surface area contributed by atoms with Crippen LogP contribution in [0.25, 0.3) is 10.9 Å². The van der Waals surface area contributed by atoms with Gasteiger partial charge in [-0.15, -0.1) is 0 Å². The fourth-order valence-electron chi connectivity index (χ4n) is 2.94. The maximum atomic E-state index is 12.3. The number of carbonyl (C=O) groups excluding carboxylic acids is 2. The molecule has 2 heterocycles. The van der Waals surface area contributed by atoms with Crippen LogP contribution in [0.15, 0.2) is 47.5 Å². The molecular weight excluding hydrogens is 392 g/mol. The minimum absolute atomic E-state index is 0.159. The summed E-state index contributed by atoms with van der Waals surface area (Å²) in [7, 11) is 1.33. The minimum Gasteiger partial charge on any atom is -0.465 e.